The van der Waals surface area contributed by atoms with Crippen molar-refractivity contribution in [3.63, 3.8) is 0 Å². The van der Waals surface area contributed by atoms with Crippen LogP contribution in [0.25, 0.3) is 11.4 Å². The average Bonchev–Trinajstić information content (AvgIpc) is 2.60. The summed E-state index contributed by atoms with van der Waals surface area (Å²) in [7, 11) is 1.94. The highest BCUT2D eigenvalue weighted by molar-refractivity contribution is 9.10. The first-order chi connectivity index (χ1) is 7.63. The van der Waals surface area contributed by atoms with Crippen LogP contribution in [0.5, 0.6) is 0 Å². The van der Waals surface area contributed by atoms with E-state index in [4.69, 9.17) is 11.6 Å². The summed E-state index contributed by atoms with van der Waals surface area (Å²) in [5.74, 6) is 1.70. The average molecular weight is 365 g/mol. The predicted octanol–water partition coefficient (Wildman–Crippen LogP) is 3.79. The van der Waals surface area contributed by atoms with Gasteiger partial charge < -0.3 is 4.57 Å². The minimum Gasteiger partial charge on any atom is -0.313 e. The normalized spacial score (nSPS) is 10.8. The van der Waals surface area contributed by atoms with Gasteiger partial charge in [0.1, 0.15) is 5.82 Å². The summed E-state index contributed by atoms with van der Waals surface area (Å²) in [6.07, 6.45) is 0. The maximum absolute atomic E-state index is 5.90. The molecule has 0 saturated carbocycles. The van der Waals surface area contributed by atoms with Crippen LogP contribution in [0.2, 0.25) is 5.02 Å². The molecule has 0 saturated heterocycles. The van der Waals surface area contributed by atoms with Crippen LogP contribution in [0.4, 0.5) is 0 Å². The highest BCUT2D eigenvalue weighted by Crippen LogP contribution is 2.29. The highest BCUT2D eigenvalue weighted by Gasteiger charge is 2.12. The zero-order chi connectivity index (χ0) is 11.7. The lowest BCUT2D eigenvalue weighted by atomic mass is 10.2. The zero-order valence-electron chi connectivity index (χ0n) is 8.41. The molecule has 0 aliphatic heterocycles. The van der Waals surface area contributed by atoms with E-state index in [1.54, 1.807) is 0 Å². The molecular weight excluding hydrogens is 357 g/mol. The van der Waals surface area contributed by atoms with Crippen LogP contribution in [-0.2, 0) is 12.4 Å². The molecule has 0 radical (unpaired) electrons. The quantitative estimate of drug-likeness (QED) is 0.758. The number of aromatic nitrogens is 3. The van der Waals surface area contributed by atoms with E-state index in [-0.39, 0.29) is 0 Å². The fourth-order valence-corrected chi connectivity index (χ4v) is 2.73. The number of benzene rings is 1. The molecule has 0 amide bonds. The lowest BCUT2D eigenvalue weighted by Crippen LogP contribution is -1.97. The Hall–Kier alpha value is -0.390. The van der Waals surface area contributed by atoms with Gasteiger partial charge in [0.05, 0.1) is 5.33 Å². The molecule has 3 nitrogen and oxygen atoms in total. The van der Waals surface area contributed by atoms with E-state index in [1.807, 2.05) is 29.8 Å². The van der Waals surface area contributed by atoms with Gasteiger partial charge in [-0.2, -0.15) is 0 Å². The summed E-state index contributed by atoms with van der Waals surface area (Å²) in [5.41, 5.74) is 0.978. The van der Waals surface area contributed by atoms with E-state index in [1.165, 1.54) is 0 Å². The molecule has 0 atom stereocenters. The van der Waals surface area contributed by atoms with E-state index in [2.05, 4.69) is 42.1 Å². The van der Waals surface area contributed by atoms with Crippen molar-refractivity contribution in [1.29, 1.82) is 0 Å². The fourth-order valence-electron chi connectivity index (χ4n) is 1.38. The summed E-state index contributed by atoms with van der Waals surface area (Å²) < 4.78 is 2.86. The van der Waals surface area contributed by atoms with Crippen LogP contribution in [0.3, 0.4) is 0 Å². The summed E-state index contributed by atoms with van der Waals surface area (Å²) in [5, 5.41) is 9.62. The smallest absolute Gasteiger partial charge is 0.164 e. The molecule has 1 aromatic heterocycles. The molecule has 1 aromatic carbocycles. The van der Waals surface area contributed by atoms with Crippen LogP contribution < -0.4 is 0 Å². The number of nitrogens with zero attached hydrogens (tertiary/aromatic N) is 3. The monoisotopic (exact) mass is 363 g/mol. The van der Waals surface area contributed by atoms with E-state index in [0.717, 1.165) is 21.7 Å². The number of halogens is 3. The summed E-state index contributed by atoms with van der Waals surface area (Å²) in [4.78, 5) is 0. The number of alkyl halides is 1. The lowest BCUT2D eigenvalue weighted by Gasteiger charge is -2.05. The standard InChI is InChI=1S/C10H8Br2ClN3/c1-16-9(5-11)14-15-10(16)7-3-2-6(13)4-8(7)12/h2-4H,5H2,1H3. The first kappa shape index (κ1) is 12.1. The van der Waals surface area contributed by atoms with Gasteiger partial charge in [-0.3, -0.25) is 0 Å². The Labute approximate surface area is 115 Å². The molecule has 0 spiro atoms. The Balaban J connectivity index is 2.54. The summed E-state index contributed by atoms with van der Waals surface area (Å²) in [6, 6.07) is 5.61. The SMILES string of the molecule is Cn1c(CBr)nnc1-c1ccc(Cl)cc1Br. The van der Waals surface area contributed by atoms with Gasteiger partial charge in [0.25, 0.3) is 0 Å². The van der Waals surface area contributed by atoms with Gasteiger partial charge in [-0.25, -0.2) is 0 Å². The topological polar surface area (TPSA) is 30.7 Å². The zero-order valence-corrected chi connectivity index (χ0v) is 12.3. The van der Waals surface area contributed by atoms with E-state index in [0.29, 0.717) is 10.4 Å². The second-order valence-corrected chi connectivity index (χ2v) is 5.11. The lowest BCUT2D eigenvalue weighted by molar-refractivity contribution is 0.858. The molecule has 6 heteroatoms. The first-order valence-electron chi connectivity index (χ1n) is 4.53. The summed E-state index contributed by atoms with van der Waals surface area (Å²) >= 11 is 12.7. The Morgan fingerprint density at radius 1 is 1.38 bits per heavy atom. The molecule has 0 fully saturated rings. The minimum atomic E-state index is 0.682. The molecule has 0 bridgehead atoms. The maximum atomic E-state index is 5.90. The molecule has 0 N–H and O–H groups in total. The molecule has 1 heterocycles. The third-order valence-electron chi connectivity index (χ3n) is 2.26. The molecule has 2 aromatic rings. The van der Waals surface area contributed by atoms with Crippen LogP contribution in [-0.4, -0.2) is 14.8 Å². The van der Waals surface area contributed by atoms with Gasteiger partial charge in [-0.15, -0.1) is 10.2 Å². The molecule has 84 valence electrons. The van der Waals surface area contributed by atoms with Crippen LogP contribution >= 0.6 is 43.5 Å². The van der Waals surface area contributed by atoms with Gasteiger partial charge >= 0.3 is 0 Å². The van der Waals surface area contributed by atoms with Gasteiger partial charge in [-0.05, 0) is 34.1 Å². The molecule has 0 aliphatic carbocycles. The van der Waals surface area contributed by atoms with Crippen molar-refractivity contribution in [2.45, 2.75) is 5.33 Å². The van der Waals surface area contributed by atoms with Crippen molar-refractivity contribution >= 4 is 43.5 Å². The Morgan fingerprint density at radius 3 is 2.69 bits per heavy atom. The third kappa shape index (κ3) is 2.17. The van der Waals surface area contributed by atoms with Crippen molar-refractivity contribution in [2.24, 2.45) is 7.05 Å². The second kappa shape index (κ2) is 4.85. The first-order valence-corrected chi connectivity index (χ1v) is 6.82. The Morgan fingerprint density at radius 2 is 2.12 bits per heavy atom. The van der Waals surface area contributed by atoms with Gasteiger partial charge in [0, 0.05) is 22.1 Å². The highest BCUT2D eigenvalue weighted by atomic mass is 79.9. The molecular formula is C10H8Br2ClN3. The third-order valence-corrected chi connectivity index (χ3v) is 3.65. The Bertz CT molecular complexity index is 525. The molecule has 0 unspecified atom stereocenters. The van der Waals surface area contributed by atoms with E-state index in [9.17, 15) is 0 Å². The Kier molecular flexibility index (Phi) is 3.66. The molecule has 0 aliphatic rings. The van der Waals surface area contributed by atoms with Crippen LogP contribution in [0.15, 0.2) is 22.7 Å². The van der Waals surface area contributed by atoms with Gasteiger partial charge in [0.2, 0.25) is 0 Å². The van der Waals surface area contributed by atoms with Gasteiger partial charge in [-0.1, -0.05) is 27.5 Å². The van der Waals surface area contributed by atoms with Crippen molar-refractivity contribution in [3.05, 3.63) is 33.5 Å². The predicted molar refractivity (Wildman–Crippen MR) is 71.8 cm³/mol. The maximum Gasteiger partial charge on any atom is 0.164 e. The van der Waals surface area contributed by atoms with E-state index < -0.39 is 0 Å². The van der Waals surface area contributed by atoms with Crippen molar-refractivity contribution in [3.8, 4) is 11.4 Å². The van der Waals surface area contributed by atoms with Crippen LogP contribution in [0.1, 0.15) is 5.82 Å². The number of hydrogen-bond donors (Lipinski definition) is 0. The van der Waals surface area contributed by atoms with Crippen molar-refractivity contribution < 1.29 is 0 Å². The largest absolute Gasteiger partial charge is 0.313 e. The second-order valence-electron chi connectivity index (χ2n) is 3.26. The number of rotatable bonds is 2. The van der Waals surface area contributed by atoms with Crippen LogP contribution in [0, 0.1) is 0 Å². The van der Waals surface area contributed by atoms with Crippen molar-refractivity contribution in [2.75, 3.05) is 0 Å². The minimum absolute atomic E-state index is 0.682. The molecule has 2 rings (SSSR count). The summed E-state index contributed by atoms with van der Waals surface area (Å²) in [6.45, 7) is 0. The van der Waals surface area contributed by atoms with E-state index >= 15 is 0 Å². The van der Waals surface area contributed by atoms with Crippen molar-refractivity contribution in [1.82, 2.24) is 14.8 Å². The van der Waals surface area contributed by atoms with Gasteiger partial charge in [0.15, 0.2) is 5.82 Å². The number of hydrogen-bond acceptors (Lipinski definition) is 2. The molecule has 16 heavy (non-hydrogen) atoms. The fraction of sp³-hybridized carbons (Fsp3) is 0.200.